The third kappa shape index (κ3) is 5.37. The summed E-state index contributed by atoms with van der Waals surface area (Å²) in [4.78, 5) is 25.1. The summed E-state index contributed by atoms with van der Waals surface area (Å²) in [7, 11) is 0. The van der Waals surface area contributed by atoms with Crippen LogP contribution in [0.5, 0.6) is 0 Å². The van der Waals surface area contributed by atoms with Gasteiger partial charge < -0.3 is 19.9 Å². The summed E-state index contributed by atoms with van der Waals surface area (Å²) in [5.74, 6) is 0.238. The number of pyridine rings is 1. The fraction of sp³-hybridized carbons (Fsp3) is 0.571. The molecule has 1 amide bonds. The Labute approximate surface area is 209 Å². The second-order valence-electron chi connectivity index (χ2n) is 10.9. The van der Waals surface area contributed by atoms with Gasteiger partial charge in [-0.1, -0.05) is 44.2 Å². The predicted molar refractivity (Wildman–Crippen MR) is 139 cm³/mol. The number of carbonyl (C=O) groups is 1. The molecule has 188 valence electrons. The highest BCUT2D eigenvalue weighted by Crippen LogP contribution is 2.39. The molecular formula is C28H39N5O2. The van der Waals surface area contributed by atoms with Crippen molar-refractivity contribution >= 4 is 11.6 Å². The largest absolute Gasteiger partial charge is 0.378 e. The highest BCUT2D eigenvalue weighted by atomic mass is 16.5. The Morgan fingerprint density at radius 2 is 1.91 bits per heavy atom. The molecule has 2 fully saturated rings. The molecule has 1 N–H and O–H groups in total. The maximum atomic E-state index is 13.4. The van der Waals surface area contributed by atoms with Crippen LogP contribution >= 0.6 is 0 Å². The Balaban J connectivity index is 1.30. The number of nitrogens with zero attached hydrogens (tertiary/aromatic N) is 4. The number of hydrogen-bond donors (Lipinski definition) is 1. The molecule has 5 rings (SSSR count). The van der Waals surface area contributed by atoms with Gasteiger partial charge >= 0.3 is 0 Å². The molecule has 3 aliphatic rings. The number of carbonyl (C=O) groups excluding carboxylic acids is 1. The molecule has 0 saturated carbocycles. The Kier molecular flexibility index (Phi) is 7.09. The molecular weight excluding hydrogens is 438 g/mol. The van der Waals surface area contributed by atoms with E-state index >= 15 is 0 Å². The molecule has 1 aromatic heterocycles. The third-order valence-corrected chi connectivity index (χ3v) is 7.62. The van der Waals surface area contributed by atoms with E-state index in [1.807, 2.05) is 11.1 Å². The molecule has 0 unspecified atom stereocenters. The summed E-state index contributed by atoms with van der Waals surface area (Å²) in [6.07, 6.45) is 2.94. The zero-order valence-electron chi connectivity index (χ0n) is 21.4. The fourth-order valence-electron chi connectivity index (χ4n) is 5.74. The topological polar surface area (TPSA) is 60.9 Å². The smallest absolute Gasteiger partial charge is 0.241 e. The normalized spacial score (nSPS) is 24.4. The van der Waals surface area contributed by atoms with Crippen molar-refractivity contribution in [1.29, 1.82) is 0 Å². The first-order valence-electron chi connectivity index (χ1n) is 13.0. The van der Waals surface area contributed by atoms with E-state index in [0.29, 0.717) is 38.9 Å². The van der Waals surface area contributed by atoms with Crippen LogP contribution in [-0.2, 0) is 21.4 Å². The van der Waals surface area contributed by atoms with Crippen LogP contribution < -0.4 is 10.2 Å². The van der Waals surface area contributed by atoms with Crippen LogP contribution in [0.1, 0.15) is 37.6 Å². The highest BCUT2D eigenvalue weighted by Gasteiger charge is 2.38. The van der Waals surface area contributed by atoms with Crippen molar-refractivity contribution in [2.45, 2.75) is 44.7 Å². The van der Waals surface area contributed by atoms with Crippen LogP contribution in [0.4, 0.5) is 5.69 Å². The Morgan fingerprint density at radius 3 is 2.69 bits per heavy atom. The number of benzene rings is 1. The fourth-order valence-corrected chi connectivity index (χ4v) is 5.74. The molecule has 0 aliphatic carbocycles. The second kappa shape index (κ2) is 10.2. The van der Waals surface area contributed by atoms with Crippen LogP contribution in [0.3, 0.4) is 0 Å². The van der Waals surface area contributed by atoms with Gasteiger partial charge in [-0.25, -0.2) is 0 Å². The molecule has 2 aromatic rings. The average Bonchev–Trinajstić information content (AvgIpc) is 3.13. The van der Waals surface area contributed by atoms with Crippen molar-refractivity contribution in [2.24, 2.45) is 0 Å². The molecule has 1 aromatic carbocycles. The van der Waals surface area contributed by atoms with Gasteiger partial charge in [-0.2, -0.15) is 0 Å². The average molecular weight is 478 g/mol. The Hall–Kier alpha value is -2.48. The molecule has 7 nitrogen and oxygen atoms in total. The number of piperazine rings is 1. The lowest BCUT2D eigenvalue weighted by molar-refractivity contribution is -0.142. The molecule has 0 spiro atoms. The monoisotopic (exact) mass is 477 g/mol. The van der Waals surface area contributed by atoms with Gasteiger partial charge in [0.2, 0.25) is 5.91 Å². The van der Waals surface area contributed by atoms with Crippen molar-refractivity contribution in [3.05, 3.63) is 59.4 Å². The van der Waals surface area contributed by atoms with Gasteiger partial charge in [-0.15, -0.1) is 0 Å². The van der Waals surface area contributed by atoms with Gasteiger partial charge in [0.25, 0.3) is 0 Å². The van der Waals surface area contributed by atoms with Crippen LogP contribution in [0.25, 0.3) is 0 Å². The highest BCUT2D eigenvalue weighted by molar-refractivity contribution is 5.82. The summed E-state index contributed by atoms with van der Waals surface area (Å²) in [6, 6.07) is 13.2. The van der Waals surface area contributed by atoms with E-state index in [9.17, 15) is 4.79 Å². The maximum absolute atomic E-state index is 13.4. The van der Waals surface area contributed by atoms with E-state index in [4.69, 9.17) is 9.72 Å². The van der Waals surface area contributed by atoms with Crippen molar-refractivity contribution in [3.8, 4) is 0 Å². The minimum absolute atomic E-state index is 0.0143. The Morgan fingerprint density at radius 1 is 1.14 bits per heavy atom. The third-order valence-electron chi connectivity index (χ3n) is 7.62. The molecule has 0 bridgehead atoms. The number of ether oxygens (including phenoxy) is 1. The van der Waals surface area contributed by atoms with E-state index in [0.717, 1.165) is 32.6 Å². The first-order valence-corrected chi connectivity index (χ1v) is 13.0. The van der Waals surface area contributed by atoms with E-state index in [2.05, 4.69) is 72.3 Å². The molecule has 3 aliphatic heterocycles. The van der Waals surface area contributed by atoms with Crippen LogP contribution in [0.2, 0.25) is 0 Å². The number of hydrogen-bond acceptors (Lipinski definition) is 6. The summed E-state index contributed by atoms with van der Waals surface area (Å²) >= 11 is 0. The van der Waals surface area contributed by atoms with Gasteiger partial charge in [-0.05, 0) is 30.5 Å². The zero-order valence-corrected chi connectivity index (χ0v) is 21.4. The molecule has 4 heterocycles. The maximum Gasteiger partial charge on any atom is 0.241 e. The summed E-state index contributed by atoms with van der Waals surface area (Å²) in [6.45, 7) is 13.8. The lowest BCUT2D eigenvalue weighted by atomic mass is 9.91. The van der Waals surface area contributed by atoms with E-state index < -0.39 is 0 Å². The lowest BCUT2D eigenvalue weighted by Crippen LogP contribution is -2.63. The van der Waals surface area contributed by atoms with Gasteiger partial charge in [0.05, 0.1) is 24.6 Å². The van der Waals surface area contributed by atoms with Gasteiger partial charge in [0, 0.05) is 63.5 Å². The number of rotatable bonds is 6. The van der Waals surface area contributed by atoms with Crippen LogP contribution in [0, 0.1) is 0 Å². The standard InChI is InChI=1S/C28H39N5O2/c1-21-19-32(25(18-29-21)27(34)31-11-13-35-14-12-31)9-10-33-20-28(2,3)26-24(33)16-23(17-30-26)15-22-7-5-4-6-8-22/h4-8,16-17,21,25,29H,9-15,18-20H2,1-3H3/t21-,25-/m1/s1. The van der Waals surface area contributed by atoms with Crippen molar-refractivity contribution < 1.29 is 9.53 Å². The number of morpholine rings is 1. The summed E-state index contributed by atoms with van der Waals surface area (Å²) in [5, 5.41) is 3.53. The van der Waals surface area contributed by atoms with Gasteiger partial charge in [0.15, 0.2) is 0 Å². The van der Waals surface area contributed by atoms with Crippen LogP contribution in [-0.4, -0.2) is 91.8 Å². The predicted octanol–water partition coefficient (Wildman–Crippen LogP) is 2.29. The molecule has 35 heavy (non-hydrogen) atoms. The molecule has 7 heteroatoms. The number of amides is 1. The van der Waals surface area contributed by atoms with E-state index in [-0.39, 0.29) is 17.4 Å². The lowest BCUT2D eigenvalue weighted by Gasteiger charge is -2.42. The SMILES string of the molecule is C[C@@H]1CN(CCN2CC(C)(C)c3ncc(Cc4ccccc4)cc32)[C@@H](C(=O)N2CCOCC2)CN1. The van der Waals surface area contributed by atoms with Crippen molar-refractivity contribution in [3.63, 3.8) is 0 Å². The zero-order chi connectivity index (χ0) is 24.4. The Bertz CT molecular complexity index is 1020. The molecule has 2 saturated heterocycles. The van der Waals surface area contributed by atoms with Crippen LogP contribution in [0.15, 0.2) is 42.6 Å². The van der Waals surface area contributed by atoms with E-state index in [1.54, 1.807) is 0 Å². The van der Waals surface area contributed by atoms with Crippen molar-refractivity contribution in [2.75, 3.05) is 63.9 Å². The summed E-state index contributed by atoms with van der Waals surface area (Å²) < 4.78 is 5.46. The summed E-state index contributed by atoms with van der Waals surface area (Å²) in [5.41, 5.74) is 5.00. The minimum atomic E-state index is -0.109. The van der Waals surface area contributed by atoms with Crippen molar-refractivity contribution in [1.82, 2.24) is 20.1 Å². The van der Waals surface area contributed by atoms with Gasteiger partial charge in [0.1, 0.15) is 6.04 Å². The number of aromatic nitrogens is 1. The van der Waals surface area contributed by atoms with Gasteiger partial charge in [-0.3, -0.25) is 14.7 Å². The molecule has 2 atom stereocenters. The molecule has 0 radical (unpaired) electrons. The first kappa shape index (κ1) is 24.2. The number of nitrogens with one attached hydrogen (secondary N) is 1. The minimum Gasteiger partial charge on any atom is -0.378 e. The second-order valence-corrected chi connectivity index (χ2v) is 10.9. The quantitative estimate of drug-likeness (QED) is 0.689. The first-order chi connectivity index (χ1) is 16.9. The number of anilines is 1. The number of fused-ring (bicyclic) bond motifs is 1. The van der Waals surface area contributed by atoms with E-state index in [1.165, 1.54) is 22.5 Å².